The van der Waals surface area contributed by atoms with Crippen LogP contribution in [0.2, 0.25) is 0 Å². The molecule has 9 nitrogen and oxygen atoms in total. The maximum absolute atomic E-state index is 13.3. The predicted octanol–water partition coefficient (Wildman–Crippen LogP) is 3.27. The quantitative estimate of drug-likeness (QED) is 0.503. The van der Waals surface area contributed by atoms with Crippen molar-refractivity contribution in [3.8, 4) is 23.2 Å². The van der Waals surface area contributed by atoms with Gasteiger partial charge in [0.2, 0.25) is 5.95 Å². The summed E-state index contributed by atoms with van der Waals surface area (Å²) >= 11 is 0. The largest absolute Gasteiger partial charge is 0.341 e. The van der Waals surface area contributed by atoms with Gasteiger partial charge in [-0.1, -0.05) is 6.92 Å². The first-order valence-electron chi connectivity index (χ1n) is 10.5. The SMILES string of the molecule is CC[C@@H]1c2nncn2-c2cnc(-n3ccnc3-c3ccc(F)cn3)nc2N1C1CCC1. The van der Waals surface area contributed by atoms with E-state index in [-0.39, 0.29) is 6.04 Å². The smallest absolute Gasteiger partial charge is 0.237 e. The zero-order chi connectivity index (χ0) is 20.9. The van der Waals surface area contributed by atoms with Crippen molar-refractivity contribution in [2.45, 2.75) is 44.7 Å². The summed E-state index contributed by atoms with van der Waals surface area (Å²) in [6, 6.07) is 3.51. The topological polar surface area (TPSA) is 90.4 Å². The fraction of sp³-hybridized carbons (Fsp3) is 0.333. The number of fused-ring (bicyclic) bond motifs is 3. The Morgan fingerprint density at radius 2 is 2.00 bits per heavy atom. The highest BCUT2D eigenvalue weighted by Gasteiger charge is 2.39. The molecule has 0 spiro atoms. The lowest BCUT2D eigenvalue weighted by molar-refractivity contribution is 0.341. The van der Waals surface area contributed by atoms with Gasteiger partial charge in [-0.15, -0.1) is 10.2 Å². The minimum absolute atomic E-state index is 0.115. The average molecular weight is 417 g/mol. The summed E-state index contributed by atoms with van der Waals surface area (Å²) < 4.78 is 17.1. The first kappa shape index (κ1) is 18.1. The maximum Gasteiger partial charge on any atom is 0.237 e. The van der Waals surface area contributed by atoms with Crippen LogP contribution in [0.5, 0.6) is 0 Å². The van der Waals surface area contributed by atoms with Gasteiger partial charge in [0.15, 0.2) is 17.5 Å². The van der Waals surface area contributed by atoms with Crippen molar-refractivity contribution in [1.82, 2.24) is 39.3 Å². The Hall–Kier alpha value is -3.69. The molecule has 5 heterocycles. The molecule has 4 aromatic heterocycles. The van der Waals surface area contributed by atoms with E-state index in [0.717, 1.165) is 36.6 Å². The van der Waals surface area contributed by atoms with Gasteiger partial charge in [0.1, 0.15) is 23.5 Å². The van der Waals surface area contributed by atoms with Crippen LogP contribution in [0.4, 0.5) is 10.2 Å². The van der Waals surface area contributed by atoms with Gasteiger partial charge < -0.3 is 4.90 Å². The molecule has 1 aliphatic heterocycles. The molecule has 1 fully saturated rings. The Bertz CT molecular complexity index is 1240. The number of rotatable bonds is 4. The average Bonchev–Trinajstić information content (AvgIpc) is 3.43. The van der Waals surface area contributed by atoms with Crippen LogP contribution in [0.25, 0.3) is 23.2 Å². The molecule has 4 aromatic rings. The molecule has 0 unspecified atom stereocenters. The molecule has 1 saturated carbocycles. The molecule has 31 heavy (non-hydrogen) atoms. The lowest BCUT2D eigenvalue weighted by atomic mass is 9.89. The van der Waals surface area contributed by atoms with Crippen LogP contribution in [0, 0.1) is 5.82 Å². The van der Waals surface area contributed by atoms with E-state index in [9.17, 15) is 4.39 Å². The highest BCUT2D eigenvalue weighted by Crippen LogP contribution is 2.43. The molecular weight excluding hydrogens is 397 g/mol. The second-order valence-corrected chi connectivity index (χ2v) is 7.84. The van der Waals surface area contributed by atoms with Crippen LogP contribution in [-0.4, -0.2) is 45.3 Å². The molecule has 0 saturated heterocycles. The summed E-state index contributed by atoms with van der Waals surface area (Å²) in [6.45, 7) is 2.16. The lowest BCUT2D eigenvalue weighted by Crippen LogP contribution is -2.46. The molecule has 0 aromatic carbocycles. The molecule has 10 heteroatoms. The third-order valence-electron chi connectivity index (χ3n) is 6.12. The predicted molar refractivity (Wildman–Crippen MR) is 110 cm³/mol. The summed E-state index contributed by atoms with van der Waals surface area (Å²) in [5, 5.41) is 8.54. The molecule has 2 aliphatic rings. The fourth-order valence-corrected chi connectivity index (χ4v) is 4.40. The first-order chi connectivity index (χ1) is 15.2. The van der Waals surface area contributed by atoms with E-state index in [4.69, 9.17) is 4.98 Å². The van der Waals surface area contributed by atoms with Gasteiger partial charge in [0.25, 0.3) is 0 Å². The number of aromatic nitrogens is 8. The highest BCUT2D eigenvalue weighted by molar-refractivity contribution is 5.63. The summed E-state index contributed by atoms with van der Waals surface area (Å²) in [5.74, 6) is 2.46. The third kappa shape index (κ3) is 2.74. The second-order valence-electron chi connectivity index (χ2n) is 7.84. The fourth-order valence-electron chi connectivity index (χ4n) is 4.40. The molecule has 0 amide bonds. The highest BCUT2D eigenvalue weighted by atomic mass is 19.1. The van der Waals surface area contributed by atoms with Crippen LogP contribution in [-0.2, 0) is 0 Å². The van der Waals surface area contributed by atoms with Gasteiger partial charge in [-0.2, -0.15) is 4.98 Å². The van der Waals surface area contributed by atoms with Crippen molar-refractivity contribution in [2.24, 2.45) is 0 Å². The van der Waals surface area contributed by atoms with E-state index in [2.05, 4.69) is 37.0 Å². The molecule has 1 atom stereocenters. The van der Waals surface area contributed by atoms with E-state index in [0.29, 0.717) is 23.5 Å². The van der Waals surface area contributed by atoms with Crippen molar-refractivity contribution in [2.75, 3.05) is 4.90 Å². The summed E-state index contributed by atoms with van der Waals surface area (Å²) in [6.07, 6.45) is 12.6. The number of hydrogen-bond donors (Lipinski definition) is 0. The standard InChI is InChI=1S/C21H20FN9/c1-2-16-20-28-26-12-30(20)17-11-25-21(27-19(17)31(16)14-4-3-5-14)29-9-8-23-18(29)15-7-6-13(22)10-24-15/h6-12,14,16H,2-5H2,1H3/t16-/m1/s1. The Labute approximate surface area is 177 Å². The van der Waals surface area contributed by atoms with E-state index in [1.807, 2.05) is 10.8 Å². The Kier molecular flexibility index (Phi) is 4.05. The van der Waals surface area contributed by atoms with Crippen LogP contribution in [0.3, 0.4) is 0 Å². The van der Waals surface area contributed by atoms with Gasteiger partial charge in [0, 0.05) is 18.4 Å². The third-order valence-corrected chi connectivity index (χ3v) is 6.12. The second kappa shape index (κ2) is 6.93. The number of nitrogens with zero attached hydrogens (tertiary/aromatic N) is 9. The van der Waals surface area contributed by atoms with E-state index < -0.39 is 5.82 Å². The molecule has 0 N–H and O–H groups in total. The summed E-state index contributed by atoms with van der Waals surface area (Å²) in [4.78, 5) is 20.5. The first-order valence-corrected chi connectivity index (χ1v) is 10.5. The van der Waals surface area contributed by atoms with Crippen molar-refractivity contribution in [1.29, 1.82) is 0 Å². The summed E-state index contributed by atoms with van der Waals surface area (Å²) in [7, 11) is 0. The molecular formula is C21H20FN9. The van der Waals surface area contributed by atoms with Crippen molar-refractivity contribution < 1.29 is 4.39 Å². The van der Waals surface area contributed by atoms with Crippen LogP contribution in [0.1, 0.15) is 44.5 Å². The van der Waals surface area contributed by atoms with Crippen molar-refractivity contribution in [3.63, 3.8) is 0 Å². The zero-order valence-electron chi connectivity index (χ0n) is 16.9. The molecule has 6 rings (SSSR count). The van der Waals surface area contributed by atoms with Crippen molar-refractivity contribution in [3.05, 3.63) is 54.9 Å². The number of imidazole rings is 1. The Morgan fingerprint density at radius 1 is 1.10 bits per heavy atom. The molecule has 0 bridgehead atoms. The van der Waals surface area contributed by atoms with E-state index in [1.165, 1.54) is 18.7 Å². The molecule has 1 aliphatic carbocycles. The minimum atomic E-state index is -0.390. The Morgan fingerprint density at radius 3 is 2.74 bits per heavy atom. The number of halogens is 1. The van der Waals surface area contributed by atoms with Gasteiger partial charge in [-0.3, -0.25) is 9.13 Å². The Balaban J connectivity index is 1.50. The van der Waals surface area contributed by atoms with E-state index in [1.54, 1.807) is 29.4 Å². The van der Waals surface area contributed by atoms with Crippen LogP contribution in [0.15, 0.2) is 43.2 Å². The van der Waals surface area contributed by atoms with E-state index >= 15 is 0 Å². The number of pyridine rings is 1. The molecule has 156 valence electrons. The van der Waals surface area contributed by atoms with Crippen molar-refractivity contribution >= 4 is 5.82 Å². The van der Waals surface area contributed by atoms with Crippen LogP contribution < -0.4 is 4.90 Å². The maximum atomic E-state index is 13.3. The monoisotopic (exact) mass is 417 g/mol. The van der Waals surface area contributed by atoms with Gasteiger partial charge in [0.05, 0.1) is 18.4 Å². The van der Waals surface area contributed by atoms with Crippen LogP contribution >= 0.6 is 0 Å². The van der Waals surface area contributed by atoms with Gasteiger partial charge in [-0.25, -0.2) is 19.3 Å². The van der Waals surface area contributed by atoms with Gasteiger partial charge in [-0.05, 0) is 37.8 Å². The normalized spacial score (nSPS) is 17.9. The minimum Gasteiger partial charge on any atom is -0.341 e. The zero-order valence-corrected chi connectivity index (χ0v) is 16.9. The number of anilines is 1. The summed E-state index contributed by atoms with van der Waals surface area (Å²) in [5.41, 5.74) is 1.43. The van der Waals surface area contributed by atoms with Gasteiger partial charge >= 0.3 is 0 Å². The lowest BCUT2D eigenvalue weighted by Gasteiger charge is -2.45. The molecule has 0 radical (unpaired) electrons. The number of hydrogen-bond acceptors (Lipinski definition) is 7.